The Balaban J connectivity index is 2.18. The summed E-state index contributed by atoms with van der Waals surface area (Å²) in [5, 5.41) is 10.2. The summed E-state index contributed by atoms with van der Waals surface area (Å²) < 4.78 is 5.18. The van der Waals surface area contributed by atoms with Crippen molar-refractivity contribution in [1.29, 1.82) is 5.26 Å². The predicted molar refractivity (Wildman–Crippen MR) is 79.6 cm³/mol. The van der Waals surface area contributed by atoms with Crippen LogP contribution in [-0.2, 0) is 6.42 Å². The third kappa shape index (κ3) is 2.02. The number of benzene rings is 2. The van der Waals surface area contributed by atoms with Crippen molar-refractivity contribution in [2.45, 2.75) is 6.42 Å². The SMILES string of the molecule is COc1ccc(-c2[nH]c3ccccc3c2CC#N)cc1. The molecule has 1 aromatic heterocycles. The van der Waals surface area contributed by atoms with Crippen LogP contribution in [0.5, 0.6) is 5.75 Å². The van der Waals surface area contributed by atoms with Gasteiger partial charge in [-0.2, -0.15) is 5.26 Å². The zero-order chi connectivity index (χ0) is 13.9. The van der Waals surface area contributed by atoms with Gasteiger partial charge in [-0.15, -0.1) is 0 Å². The number of aromatic amines is 1. The molecule has 3 aromatic rings. The van der Waals surface area contributed by atoms with Crippen molar-refractivity contribution in [3.63, 3.8) is 0 Å². The first-order valence-electron chi connectivity index (χ1n) is 6.44. The van der Waals surface area contributed by atoms with Crippen LogP contribution in [0.25, 0.3) is 22.2 Å². The Morgan fingerprint density at radius 2 is 1.85 bits per heavy atom. The number of nitrogens with zero attached hydrogens (tertiary/aromatic N) is 1. The number of H-pyrrole nitrogens is 1. The number of nitriles is 1. The summed E-state index contributed by atoms with van der Waals surface area (Å²) in [4.78, 5) is 3.41. The Kier molecular flexibility index (Phi) is 3.14. The maximum absolute atomic E-state index is 9.07. The highest BCUT2D eigenvalue weighted by atomic mass is 16.5. The molecule has 98 valence electrons. The van der Waals surface area contributed by atoms with Crippen LogP contribution in [-0.4, -0.2) is 12.1 Å². The van der Waals surface area contributed by atoms with E-state index in [1.165, 1.54) is 0 Å². The fraction of sp³-hybridized carbons (Fsp3) is 0.118. The Morgan fingerprint density at radius 1 is 1.10 bits per heavy atom. The lowest BCUT2D eigenvalue weighted by atomic mass is 10.0. The Bertz CT molecular complexity index is 779. The minimum absolute atomic E-state index is 0.394. The number of hydrogen-bond acceptors (Lipinski definition) is 2. The van der Waals surface area contributed by atoms with Gasteiger partial charge in [-0.25, -0.2) is 0 Å². The van der Waals surface area contributed by atoms with Gasteiger partial charge in [0.05, 0.1) is 25.3 Å². The van der Waals surface area contributed by atoms with Crippen LogP contribution < -0.4 is 4.74 Å². The fourth-order valence-corrected chi connectivity index (χ4v) is 2.47. The topological polar surface area (TPSA) is 48.8 Å². The van der Waals surface area contributed by atoms with E-state index in [0.717, 1.165) is 33.5 Å². The van der Waals surface area contributed by atoms with E-state index in [1.54, 1.807) is 7.11 Å². The molecule has 0 aliphatic rings. The average molecular weight is 262 g/mol. The van der Waals surface area contributed by atoms with Gasteiger partial charge >= 0.3 is 0 Å². The quantitative estimate of drug-likeness (QED) is 0.778. The highest BCUT2D eigenvalue weighted by molar-refractivity contribution is 5.91. The van der Waals surface area contributed by atoms with E-state index in [2.05, 4.69) is 11.1 Å². The molecule has 3 nitrogen and oxygen atoms in total. The maximum atomic E-state index is 9.07. The summed E-state index contributed by atoms with van der Waals surface area (Å²) in [6.45, 7) is 0. The second-order valence-electron chi connectivity index (χ2n) is 4.59. The molecular weight excluding hydrogens is 248 g/mol. The van der Waals surface area contributed by atoms with Crippen molar-refractivity contribution >= 4 is 10.9 Å². The first-order chi connectivity index (χ1) is 9.83. The molecule has 0 amide bonds. The number of nitrogens with one attached hydrogen (secondary N) is 1. The third-order valence-corrected chi connectivity index (χ3v) is 3.45. The molecule has 0 aliphatic heterocycles. The molecule has 0 atom stereocenters. The number of ether oxygens (including phenoxy) is 1. The van der Waals surface area contributed by atoms with Crippen molar-refractivity contribution in [2.24, 2.45) is 0 Å². The van der Waals surface area contributed by atoms with Crippen LogP contribution >= 0.6 is 0 Å². The van der Waals surface area contributed by atoms with E-state index < -0.39 is 0 Å². The molecule has 1 heterocycles. The second-order valence-corrected chi connectivity index (χ2v) is 4.59. The normalized spacial score (nSPS) is 10.4. The summed E-state index contributed by atoms with van der Waals surface area (Å²) in [5.41, 5.74) is 4.18. The molecule has 0 radical (unpaired) electrons. The maximum Gasteiger partial charge on any atom is 0.118 e. The first-order valence-corrected chi connectivity index (χ1v) is 6.44. The van der Waals surface area contributed by atoms with Gasteiger partial charge in [0, 0.05) is 10.9 Å². The predicted octanol–water partition coefficient (Wildman–Crippen LogP) is 3.91. The van der Waals surface area contributed by atoms with Gasteiger partial charge in [0.15, 0.2) is 0 Å². The van der Waals surface area contributed by atoms with Gasteiger partial charge in [-0.1, -0.05) is 18.2 Å². The highest BCUT2D eigenvalue weighted by Gasteiger charge is 2.12. The highest BCUT2D eigenvalue weighted by Crippen LogP contribution is 2.31. The molecule has 0 aliphatic carbocycles. The molecular formula is C17H14N2O. The van der Waals surface area contributed by atoms with Crippen LogP contribution in [0.3, 0.4) is 0 Å². The van der Waals surface area contributed by atoms with Gasteiger partial charge in [0.1, 0.15) is 5.75 Å². The van der Waals surface area contributed by atoms with Crippen LogP contribution in [0, 0.1) is 11.3 Å². The molecule has 20 heavy (non-hydrogen) atoms. The van der Waals surface area contributed by atoms with Crippen LogP contribution in [0.4, 0.5) is 0 Å². The Morgan fingerprint density at radius 3 is 2.55 bits per heavy atom. The number of rotatable bonds is 3. The first kappa shape index (κ1) is 12.3. The molecule has 0 unspecified atom stereocenters. The number of hydrogen-bond donors (Lipinski definition) is 1. The monoisotopic (exact) mass is 262 g/mol. The minimum atomic E-state index is 0.394. The minimum Gasteiger partial charge on any atom is -0.497 e. The second kappa shape index (κ2) is 5.10. The number of aromatic nitrogens is 1. The van der Waals surface area contributed by atoms with E-state index in [-0.39, 0.29) is 0 Å². The molecule has 2 aromatic carbocycles. The standard InChI is InChI=1S/C17H14N2O/c1-20-13-8-6-12(7-9-13)17-15(10-11-18)14-4-2-3-5-16(14)19-17/h2-9,19H,10H2,1H3. The number of para-hydroxylation sites is 1. The van der Waals surface area contributed by atoms with Crippen molar-refractivity contribution < 1.29 is 4.74 Å². The zero-order valence-electron chi connectivity index (χ0n) is 11.2. The van der Waals surface area contributed by atoms with Crippen LogP contribution in [0.15, 0.2) is 48.5 Å². The third-order valence-electron chi connectivity index (χ3n) is 3.45. The van der Waals surface area contributed by atoms with Gasteiger partial charge < -0.3 is 9.72 Å². The smallest absolute Gasteiger partial charge is 0.118 e. The Labute approximate surface area is 117 Å². The molecule has 3 rings (SSSR count). The summed E-state index contributed by atoms with van der Waals surface area (Å²) in [6, 6.07) is 18.2. The summed E-state index contributed by atoms with van der Waals surface area (Å²) >= 11 is 0. The van der Waals surface area contributed by atoms with Gasteiger partial charge in [-0.05, 0) is 41.5 Å². The largest absolute Gasteiger partial charge is 0.497 e. The van der Waals surface area contributed by atoms with E-state index in [4.69, 9.17) is 10.00 Å². The van der Waals surface area contributed by atoms with Gasteiger partial charge in [-0.3, -0.25) is 0 Å². The summed E-state index contributed by atoms with van der Waals surface area (Å²) in [7, 11) is 1.65. The van der Waals surface area contributed by atoms with E-state index in [1.807, 2.05) is 48.5 Å². The van der Waals surface area contributed by atoms with E-state index in [9.17, 15) is 0 Å². The van der Waals surface area contributed by atoms with Crippen molar-refractivity contribution in [3.8, 4) is 23.1 Å². The molecule has 0 fully saturated rings. The summed E-state index contributed by atoms with van der Waals surface area (Å²) in [5.74, 6) is 0.826. The van der Waals surface area contributed by atoms with Gasteiger partial charge in [0.25, 0.3) is 0 Å². The van der Waals surface area contributed by atoms with E-state index >= 15 is 0 Å². The number of fused-ring (bicyclic) bond motifs is 1. The molecule has 3 heteroatoms. The molecule has 0 spiro atoms. The summed E-state index contributed by atoms with van der Waals surface area (Å²) in [6.07, 6.45) is 0.394. The van der Waals surface area contributed by atoms with Crippen molar-refractivity contribution in [1.82, 2.24) is 4.98 Å². The molecule has 0 saturated heterocycles. The van der Waals surface area contributed by atoms with Crippen LogP contribution in [0.2, 0.25) is 0 Å². The fourth-order valence-electron chi connectivity index (χ4n) is 2.47. The van der Waals surface area contributed by atoms with Crippen molar-refractivity contribution in [3.05, 3.63) is 54.1 Å². The average Bonchev–Trinajstić information content (AvgIpc) is 2.87. The van der Waals surface area contributed by atoms with Crippen LogP contribution in [0.1, 0.15) is 5.56 Å². The molecule has 1 N–H and O–H groups in total. The lowest BCUT2D eigenvalue weighted by Gasteiger charge is -2.04. The number of methoxy groups -OCH3 is 1. The zero-order valence-corrected chi connectivity index (χ0v) is 11.2. The molecule has 0 bridgehead atoms. The van der Waals surface area contributed by atoms with Crippen molar-refractivity contribution in [2.75, 3.05) is 7.11 Å². The lowest BCUT2D eigenvalue weighted by molar-refractivity contribution is 0.415. The van der Waals surface area contributed by atoms with Gasteiger partial charge in [0.2, 0.25) is 0 Å². The molecule has 0 saturated carbocycles. The van der Waals surface area contributed by atoms with E-state index in [0.29, 0.717) is 6.42 Å². The Hall–Kier alpha value is -2.73. The lowest BCUT2D eigenvalue weighted by Crippen LogP contribution is -1.87.